The molecule has 4 aliphatic heterocycles. The van der Waals surface area contributed by atoms with Gasteiger partial charge in [0.15, 0.2) is 12.6 Å². The highest BCUT2D eigenvalue weighted by atomic mass is 16.7. The van der Waals surface area contributed by atoms with E-state index in [9.17, 15) is 25.2 Å². The number of nitrogens with one attached hydrogen (secondary N) is 1. The summed E-state index contributed by atoms with van der Waals surface area (Å²) >= 11 is 0. The fourth-order valence-corrected chi connectivity index (χ4v) is 8.70. The van der Waals surface area contributed by atoms with Crippen LogP contribution in [0.15, 0.2) is 11.3 Å². The molecule has 0 radical (unpaired) electrons. The second kappa shape index (κ2) is 15.9. The Morgan fingerprint density at radius 3 is 2.22 bits per heavy atom. The lowest BCUT2D eigenvalue weighted by Crippen LogP contribution is -2.60. The summed E-state index contributed by atoms with van der Waals surface area (Å²) in [6.45, 7) is 20.6. The van der Waals surface area contributed by atoms with Crippen LogP contribution in [0.3, 0.4) is 0 Å². The minimum atomic E-state index is -1.82. The van der Waals surface area contributed by atoms with Gasteiger partial charge in [0, 0.05) is 37.8 Å². The Morgan fingerprint density at radius 2 is 1.62 bits per heavy atom. The van der Waals surface area contributed by atoms with Gasteiger partial charge in [-0.25, -0.2) is 0 Å². The number of aliphatic hydroxyl groups is 4. The van der Waals surface area contributed by atoms with Gasteiger partial charge in [0.05, 0.1) is 35.9 Å². The predicted octanol–water partition coefficient (Wildman–Crippen LogP) is 2.94. The number of rotatable bonds is 8. The standard InChI is InChI=1S/C37H65NO12/c1-13-25-37(11,43)30(40)20(5)28-18(3)16-36(10,50-28)32(49-34-27(39)24(38-14-2)15-19(4)45-34)21(6)29(22(7)33(42)47-25)48-26-17-35(9,44-12)31(41)23(8)46-26/h19-27,29-32,34,38-41,43H,13-17H2,1-12H3/t19-,20+,21+,22-,23+,24+,25-,26+,27-,29+,30-,31+,32-,34+,35-,36-,37-/m1/s1. The first-order chi connectivity index (χ1) is 23.2. The molecule has 0 aromatic rings. The summed E-state index contributed by atoms with van der Waals surface area (Å²) in [7, 11) is 1.53. The minimum absolute atomic E-state index is 0.173. The zero-order valence-corrected chi connectivity index (χ0v) is 32.2. The van der Waals surface area contributed by atoms with Gasteiger partial charge in [-0.15, -0.1) is 0 Å². The number of aliphatic hydroxyl groups excluding tert-OH is 3. The Bertz CT molecular complexity index is 1200. The van der Waals surface area contributed by atoms with Crippen molar-refractivity contribution in [3.05, 3.63) is 11.3 Å². The zero-order valence-electron chi connectivity index (χ0n) is 32.2. The molecule has 13 heteroatoms. The highest BCUT2D eigenvalue weighted by Gasteiger charge is 2.56. The summed E-state index contributed by atoms with van der Waals surface area (Å²) in [5, 5.41) is 49.1. The van der Waals surface area contributed by atoms with Gasteiger partial charge >= 0.3 is 5.97 Å². The second-order valence-corrected chi connectivity index (χ2v) is 16.0. The van der Waals surface area contributed by atoms with Crippen molar-refractivity contribution < 1.29 is 58.4 Å². The number of hydrogen-bond acceptors (Lipinski definition) is 13. The van der Waals surface area contributed by atoms with Gasteiger partial charge in [0.2, 0.25) is 0 Å². The lowest BCUT2D eigenvalue weighted by molar-refractivity contribution is -0.315. The number of carbonyl (C=O) groups excluding carboxylic acids is 1. The van der Waals surface area contributed by atoms with E-state index in [0.29, 0.717) is 25.1 Å². The first-order valence-corrected chi connectivity index (χ1v) is 18.5. The highest BCUT2D eigenvalue weighted by molar-refractivity contribution is 5.73. The Kier molecular flexibility index (Phi) is 13.2. The summed E-state index contributed by atoms with van der Waals surface area (Å²) in [6, 6.07) is -0.272. The molecular formula is C37H65NO12. The Labute approximate surface area is 298 Å². The predicted molar refractivity (Wildman–Crippen MR) is 184 cm³/mol. The van der Waals surface area contributed by atoms with Crippen LogP contribution >= 0.6 is 0 Å². The molecule has 3 fully saturated rings. The summed E-state index contributed by atoms with van der Waals surface area (Å²) < 4.78 is 44.6. The quantitative estimate of drug-likeness (QED) is 0.232. The number of esters is 1. The molecule has 0 aromatic heterocycles. The number of fused-ring (bicyclic) bond motifs is 2. The van der Waals surface area contributed by atoms with Crippen LogP contribution in [0.5, 0.6) is 0 Å². The normalized spacial score (nSPS) is 49.4. The maximum atomic E-state index is 14.1. The molecule has 0 aromatic carbocycles. The molecule has 0 aliphatic carbocycles. The van der Waals surface area contributed by atoms with Crippen LogP contribution in [0.2, 0.25) is 0 Å². The van der Waals surface area contributed by atoms with E-state index in [1.807, 2.05) is 34.6 Å². The van der Waals surface area contributed by atoms with Crippen molar-refractivity contribution in [1.82, 2.24) is 5.32 Å². The van der Waals surface area contributed by atoms with Crippen molar-refractivity contribution in [1.29, 1.82) is 0 Å². The second-order valence-electron chi connectivity index (χ2n) is 16.0. The van der Waals surface area contributed by atoms with E-state index >= 15 is 0 Å². The lowest BCUT2D eigenvalue weighted by Gasteiger charge is -2.48. The van der Waals surface area contributed by atoms with Crippen LogP contribution in [-0.4, -0.2) is 124 Å². The monoisotopic (exact) mass is 715 g/mol. The highest BCUT2D eigenvalue weighted by Crippen LogP contribution is 2.47. The molecule has 290 valence electrons. The van der Waals surface area contributed by atoms with Crippen molar-refractivity contribution in [2.24, 2.45) is 17.8 Å². The van der Waals surface area contributed by atoms with E-state index in [4.69, 9.17) is 33.2 Å². The summed E-state index contributed by atoms with van der Waals surface area (Å²) in [5.41, 5.74) is -3.00. The molecule has 5 N–H and O–H groups in total. The molecule has 50 heavy (non-hydrogen) atoms. The van der Waals surface area contributed by atoms with Crippen LogP contribution < -0.4 is 5.32 Å². The maximum absolute atomic E-state index is 14.1. The molecule has 4 rings (SSSR count). The average Bonchev–Trinajstić information content (AvgIpc) is 3.37. The van der Waals surface area contributed by atoms with E-state index in [1.54, 1.807) is 34.6 Å². The Morgan fingerprint density at radius 1 is 0.960 bits per heavy atom. The van der Waals surface area contributed by atoms with Gasteiger partial charge in [0.1, 0.15) is 41.4 Å². The number of methoxy groups -OCH3 is 1. The van der Waals surface area contributed by atoms with Crippen LogP contribution in [0.1, 0.15) is 102 Å². The first kappa shape index (κ1) is 41.4. The van der Waals surface area contributed by atoms with Crippen LogP contribution in [0, 0.1) is 17.8 Å². The van der Waals surface area contributed by atoms with Gasteiger partial charge in [0.25, 0.3) is 0 Å². The van der Waals surface area contributed by atoms with E-state index in [2.05, 4.69) is 5.32 Å². The van der Waals surface area contributed by atoms with Gasteiger partial charge in [-0.1, -0.05) is 27.7 Å². The van der Waals surface area contributed by atoms with Crippen molar-refractivity contribution >= 4 is 5.97 Å². The van der Waals surface area contributed by atoms with Crippen molar-refractivity contribution in [3.8, 4) is 0 Å². The summed E-state index contributed by atoms with van der Waals surface area (Å²) in [5.74, 6) is -2.32. The molecule has 0 unspecified atom stereocenters. The number of cyclic esters (lactones) is 1. The number of ether oxygens (including phenoxy) is 7. The SMILES string of the molecule is CCN[C@H]1C[C@@H](C)O[C@@H](O[C@@H]2[C@@H](C)[C@H](O[C@H]3C[C@@](C)(OC)[C@@H](O)[C@H](C)O3)[C@@H](C)C(=O)O[C@H](CC)[C@@](C)(O)[C@H](O)[C@@H](C)C3=C(C)C[C@@]2(C)O3)[C@@H]1O. The van der Waals surface area contributed by atoms with Crippen molar-refractivity contribution in [2.45, 2.75) is 186 Å². The first-order valence-electron chi connectivity index (χ1n) is 18.5. The summed E-state index contributed by atoms with van der Waals surface area (Å²) in [4.78, 5) is 14.1. The van der Waals surface area contributed by atoms with Gasteiger partial charge in [-0.3, -0.25) is 4.79 Å². The molecule has 3 saturated heterocycles. The van der Waals surface area contributed by atoms with Crippen molar-refractivity contribution in [2.75, 3.05) is 13.7 Å². The largest absolute Gasteiger partial charge is 0.489 e. The molecule has 0 spiro atoms. The third kappa shape index (κ3) is 8.07. The van der Waals surface area contributed by atoms with Gasteiger partial charge in [-0.2, -0.15) is 0 Å². The number of carbonyl (C=O) groups is 1. The van der Waals surface area contributed by atoms with E-state index in [-0.39, 0.29) is 25.0 Å². The molecule has 0 amide bonds. The third-order valence-corrected chi connectivity index (χ3v) is 11.8. The minimum Gasteiger partial charge on any atom is -0.489 e. The van der Waals surface area contributed by atoms with E-state index in [1.165, 1.54) is 14.0 Å². The molecule has 0 saturated carbocycles. The third-order valence-electron chi connectivity index (χ3n) is 11.8. The molecule has 4 aliphatic rings. The molecule has 17 atom stereocenters. The fourth-order valence-electron chi connectivity index (χ4n) is 8.70. The Balaban J connectivity index is 1.83. The molecular weight excluding hydrogens is 650 g/mol. The molecule has 2 bridgehead atoms. The topological polar surface area (TPSA) is 175 Å². The van der Waals surface area contributed by atoms with E-state index in [0.717, 1.165) is 5.57 Å². The summed E-state index contributed by atoms with van der Waals surface area (Å²) in [6.07, 6.45) is -7.42. The van der Waals surface area contributed by atoms with Crippen LogP contribution in [-0.2, 0) is 38.0 Å². The number of hydrogen-bond donors (Lipinski definition) is 5. The fraction of sp³-hybridized carbons (Fsp3) is 0.919. The van der Waals surface area contributed by atoms with Crippen LogP contribution in [0.25, 0.3) is 0 Å². The lowest BCUT2D eigenvalue weighted by atomic mass is 9.78. The van der Waals surface area contributed by atoms with Gasteiger partial charge in [-0.05, 0) is 73.4 Å². The number of likely N-dealkylation sites (N-methyl/N-ethyl adjacent to an activating group) is 1. The van der Waals surface area contributed by atoms with Crippen molar-refractivity contribution in [3.63, 3.8) is 0 Å². The maximum Gasteiger partial charge on any atom is 0.311 e. The average molecular weight is 716 g/mol. The Hall–Kier alpha value is -1.39. The molecule has 13 nitrogen and oxygen atoms in total. The molecule has 4 heterocycles. The zero-order chi connectivity index (χ0) is 37.5. The van der Waals surface area contributed by atoms with Gasteiger partial charge < -0.3 is 58.9 Å². The smallest absolute Gasteiger partial charge is 0.311 e. The van der Waals surface area contributed by atoms with Crippen LogP contribution in [0.4, 0.5) is 0 Å². The van der Waals surface area contributed by atoms with E-state index < -0.39 is 95.8 Å².